The maximum atomic E-state index is 13.7. The first-order valence-corrected chi connectivity index (χ1v) is 7.48. The molecule has 0 aliphatic heterocycles. The van der Waals surface area contributed by atoms with E-state index in [1.807, 2.05) is 30.3 Å². The summed E-state index contributed by atoms with van der Waals surface area (Å²) in [6.07, 6.45) is 2.05. The van der Waals surface area contributed by atoms with Gasteiger partial charge in [-0.2, -0.15) is 0 Å². The lowest BCUT2D eigenvalue weighted by atomic mass is 10.1. The van der Waals surface area contributed by atoms with Gasteiger partial charge in [0.15, 0.2) is 0 Å². The zero-order valence-corrected chi connectivity index (χ0v) is 12.7. The van der Waals surface area contributed by atoms with Crippen LogP contribution in [0.3, 0.4) is 0 Å². The van der Waals surface area contributed by atoms with Crippen molar-refractivity contribution in [1.82, 2.24) is 5.32 Å². The van der Waals surface area contributed by atoms with Gasteiger partial charge in [-0.05, 0) is 54.8 Å². The molecule has 3 heteroatoms. The van der Waals surface area contributed by atoms with Crippen molar-refractivity contribution in [3.63, 3.8) is 0 Å². The van der Waals surface area contributed by atoms with Crippen LogP contribution in [0, 0.1) is 5.82 Å². The number of nitrogens with one attached hydrogen (secondary N) is 1. The maximum Gasteiger partial charge on any atom is 0.130 e. The minimum absolute atomic E-state index is 0.272. The minimum Gasteiger partial charge on any atom is -0.457 e. The van der Waals surface area contributed by atoms with Crippen molar-refractivity contribution in [2.24, 2.45) is 0 Å². The van der Waals surface area contributed by atoms with Gasteiger partial charge in [0.25, 0.3) is 0 Å². The topological polar surface area (TPSA) is 21.3 Å². The van der Waals surface area contributed by atoms with E-state index < -0.39 is 0 Å². The molecule has 0 radical (unpaired) electrons. The third kappa shape index (κ3) is 4.87. The molecule has 2 nitrogen and oxygen atoms in total. The first kappa shape index (κ1) is 15.5. The van der Waals surface area contributed by atoms with Crippen LogP contribution in [0.1, 0.15) is 31.4 Å². The Balaban J connectivity index is 2.07. The number of aryl methyl sites for hydroxylation is 1. The maximum absolute atomic E-state index is 13.7. The van der Waals surface area contributed by atoms with E-state index in [-0.39, 0.29) is 5.82 Å². The summed E-state index contributed by atoms with van der Waals surface area (Å²) in [5, 5.41) is 3.26. The molecule has 0 saturated heterocycles. The second-order valence-electron chi connectivity index (χ2n) is 5.07. The van der Waals surface area contributed by atoms with Crippen LogP contribution in [0.5, 0.6) is 11.5 Å². The van der Waals surface area contributed by atoms with Gasteiger partial charge >= 0.3 is 0 Å². The normalized spacial score (nSPS) is 10.6. The molecule has 21 heavy (non-hydrogen) atoms. The van der Waals surface area contributed by atoms with Crippen LogP contribution >= 0.6 is 0 Å². The smallest absolute Gasteiger partial charge is 0.130 e. The number of hydrogen-bond donors (Lipinski definition) is 1. The van der Waals surface area contributed by atoms with E-state index in [4.69, 9.17) is 4.74 Å². The molecule has 0 aromatic heterocycles. The molecule has 2 rings (SSSR count). The van der Waals surface area contributed by atoms with Gasteiger partial charge in [-0.1, -0.05) is 26.0 Å². The van der Waals surface area contributed by atoms with Gasteiger partial charge in [0, 0.05) is 12.6 Å². The van der Waals surface area contributed by atoms with Crippen LogP contribution in [0.2, 0.25) is 0 Å². The van der Waals surface area contributed by atoms with E-state index in [0.717, 1.165) is 30.7 Å². The Morgan fingerprint density at radius 2 is 1.71 bits per heavy atom. The molecule has 112 valence electrons. The number of hydrogen-bond acceptors (Lipinski definition) is 2. The zero-order chi connectivity index (χ0) is 15.1. The lowest BCUT2D eigenvalue weighted by molar-refractivity contribution is 0.475. The van der Waals surface area contributed by atoms with Crippen LogP contribution in [-0.2, 0) is 13.0 Å². The highest BCUT2D eigenvalue weighted by Crippen LogP contribution is 2.24. The van der Waals surface area contributed by atoms with Gasteiger partial charge in [0.05, 0.1) is 0 Å². The Hall–Kier alpha value is -1.87. The van der Waals surface area contributed by atoms with Gasteiger partial charge < -0.3 is 10.1 Å². The van der Waals surface area contributed by atoms with E-state index in [9.17, 15) is 4.39 Å². The molecule has 0 aliphatic rings. The van der Waals surface area contributed by atoms with Crippen molar-refractivity contribution >= 4 is 0 Å². The Morgan fingerprint density at radius 3 is 2.38 bits per heavy atom. The van der Waals surface area contributed by atoms with Gasteiger partial charge in [-0.25, -0.2) is 4.39 Å². The molecule has 2 aromatic rings. The van der Waals surface area contributed by atoms with Crippen LogP contribution in [0.4, 0.5) is 4.39 Å². The zero-order valence-electron chi connectivity index (χ0n) is 12.7. The third-order valence-electron chi connectivity index (χ3n) is 3.25. The average molecular weight is 287 g/mol. The molecular weight excluding hydrogens is 265 g/mol. The van der Waals surface area contributed by atoms with Gasteiger partial charge in [-0.3, -0.25) is 0 Å². The van der Waals surface area contributed by atoms with Crippen LogP contribution in [-0.4, -0.2) is 6.54 Å². The molecule has 0 atom stereocenters. The van der Waals surface area contributed by atoms with Crippen molar-refractivity contribution in [1.29, 1.82) is 0 Å². The number of halogens is 1. The summed E-state index contributed by atoms with van der Waals surface area (Å²) >= 11 is 0. The second-order valence-corrected chi connectivity index (χ2v) is 5.07. The summed E-state index contributed by atoms with van der Waals surface area (Å²) in [5.74, 6) is 0.990. The minimum atomic E-state index is -0.272. The summed E-state index contributed by atoms with van der Waals surface area (Å²) < 4.78 is 19.4. The van der Waals surface area contributed by atoms with Crippen LogP contribution in [0.25, 0.3) is 0 Å². The summed E-state index contributed by atoms with van der Waals surface area (Å²) in [5.41, 5.74) is 2.15. The monoisotopic (exact) mass is 287 g/mol. The summed E-state index contributed by atoms with van der Waals surface area (Å²) in [7, 11) is 0. The first-order chi connectivity index (χ1) is 10.2. The molecule has 0 unspecified atom stereocenters. The van der Waals surface area contributed by atoms with E-state index in [1.54, 1.807) is 0 Å². The van der Waals surface area contributed by atoms with E-state index in [0.29, 0.717) is 12.3 Å². The summed E-state index contributed by atoms with van der Waals surface area (Å²) in [6, 6.07) is 12.7. The van der Waals surface area contributed by atoms with Crippen LogP contribution in [0.15, 0.2) is 42.5 Å². The largest absolute Gasteiger partial charge is 0.457 e. The highest BCUT2D eigenvalue weighted by molar-refractivity contribution is 5.35. The quantitative estimate of drug-likeness (QED) is 0.747. The number of rotatable bonds is 7. The molecule has 0 bridgehead atoms. The Kier molecular flexibility index (Phi) is 5.76. The van der Waals surface area contributed by atoms with Crippen molar-refractivity contribution in [3.8, 4) is 11.5 Å². The van der Waals surface area contributed by atoms with E-state index in [2.05, 4.69) is 19.2 Å². The first-order valence-electron chi connectivity index (χ1n) is 7.48. The predicted octanol–water partition coefficient (Wildman–Crippen LogP) is 4.68. The van der Waals surface area contributed by atoms with Gasteiger partial charge in [-0.15, -0.1) is 0 Å². The molecule has 0 aliphatic carbocycles. The fourth-order valence-corrected chi connectivity index (χ4v) is 2.12. The molecule has 0 fully saturated rings. The van der Waals surface area contributed by atoms with Gasteiger partial charge in [0.1, 0.15) is 17.3 Å². The molecule has 0 spiro atoms. The van der Waals surface area contributed by atoms with Crippen molar-refractivity contribution in [2.45, 2.75) is 33.2 Å². The predicted molar refractivity (Wildman–Crippen MR) is 84.3 cm³/mol. The van der Waals surface area contributed by atoms with E-state index >= 15 is 0 Å². The molecule has 0 amide bonds. The number of benzene rings is 2. The van der Waals surface area contributed by atoms with Gasteiger partial charge in [0.2, 0.25) is 0 Å². The van der Waals surface area contributed by atoms with Crippen molar-refractivity contribution in [3.05, 3.63) is 59.4 Å². The highest BCUT2D eigenvalue weighted by atomic mass is 19.1. The summed E-state index contributed by atoms with van der Waals surface area (Å²) in [6.45, 7) is 5.78. The number of ether oxygens (including phenoxy) is 1. The fraction of sp³-hybridized carbons (Fsp3) is 0.333. The molecule has 2 aromatic carbocycles. The average Bonchev–Trinajstić information content (AvgIpc) is 2.48. The Morgan fingerprint density at radius 1 is 0.952 bits per heavy atom. The molecule has 1 N–H and O–H groups in total. The van der Waals surface area contributed by atoms with Crippen LogP contribution < -0.4 is 10.1 Å². The third-order valence-corrected chi connectivity index (χ3v) is 3.25. The fourth-order valence-electron chi connectivity index (χ4n) is 2.12. The van der Waals surface area contributed by atoms with Crippen molar-refractivity contribution in [2.75, 3.05) is 6.54 Å². The standard InChI is InChI=1S/C18H22FNO/c1-3-9-20-13-15-10-16(19)12-18(11-15)21-17-7-5-14(4-2)6-8-17/h5-8,10-12,20H,3-4,9,13H2,1-2H3. The second kappa shape index (κ2) is 7.79. The van der Waals surface area contributed by atoms with E-state index in [1.165, 1.54) is 17.7 Å². The SMILES string of the molecule is CCCNCc1cc(F)cc(Oc2ccc(CC)cc2)c1. The molecule has 0 heterocycles. The highest BCUT2D eigenvalue weighted by Gasteiger charge is 2.03. The Bertz CT molecular complexity index is 566. The lowest BCUT2D eigenvalue weighted by Crippen LogP contribution is -2.13. The molecular formula is C18H22FNO. The summed E-state index contributed by atoms with van der Waals surface area (Å²) in [4.78, 5) is 0. The molecule has 0 saturated carbocycles. The Labute approximate surface area is 126 Å². The lowest BCUT2D eigenvalue weighted by Gasteiger charge is -2.09. The van der Waals surface area contributed by atoms with Crippen molar-refractivity contribution < 1.29 is 9.13 Å².